The predicted octanol–water partition coefficient (Wildman–Crippen LogP) is 16.1. The normalized spacial score (nSPS) is 24.5. The highest BCUT2D eigenvalue weighted by Gasteiger charge is 2.47. The zero-order valence-electron chi connectivity index (χ0n) is 34.2. The molecule has 49 heavy (non-hydrogen) atoms. The molecule has 0 spiro atoms. The van der Waals surface area contributed by atoms with Gasteiger partial charge in [-0.1, -0.05) is 194 Å². The predicted molar refractivity (Wildman–Crippen MR) is 214 cm³/mol. The van der Waals surface area contributed by atoms with Crippen molar-refractivity contribution >= 4 is 0 Å². The average molecular weight is 691 g/mol. The molecule has 4 atom stereocenters. The molecule has 0 bridgehead atoms. The van der Waals surface area contributed by atoms with E-state index in [0.717, 1.165) is 38.5 Å². The second kappa shape index (κ2) is 30.4. The summed E-state index contributed by atoms with van der Waals surface area (Å²) in [6, 6.07) is 0. The second-order valence-electron chi connectivity index (χ2n) is 17.0. The molecule has 4 unspecified atom stereocenters. The van der Waals surface area contributed by atoms with E-state index in [2.05, 4.69) is 27.7 Å². The van der Waals surface area contributed by atoms with E-state index in [-0.39, 0.29) is 12.2 Å². The molecule has 2 rings (SSSR count). The van der Waals surface area contributed by atoms with E-state index < -0.39 is 11.6 Å². The van der Waals surface area contributed by atoms with Gasteiger partial charge in [-0.05, 0) is 52.4 Å². The van der Waals surface area contributed by atoms with E-state index in [1.165, 1.54) is 205 Å². The molecule has 3 heteroatoms. The van der Waals surface area contributed by atoms with Crippen molar-refractivity contribution in [2.75, 3.05) is 0 Å². The first-order chi connectivity index (χ1) is 24.0. The second-order valence-corrected chi connectivity index (χ2v) is 17.0. The summed E-state index contributed by atoms with van der Waals surface area (Å²) in [7, 11) is 0. The Balaban J connectivity index is 1.63. The third-order valence-electron chi connectivity index (χ3n) is 11.9. The van der Waals surface area contributed by atoms with Crippen molar-refractivity contribution in [3.8, 4) is 0 Å². The Morgan fingerprint density at radius 2 is 0.633 bits per heavy atom. The van der Waals surface area contributed by atoms with Gasteiger partial charge in [-0.15, -0.1) is 0 Å². The van der Waals surface area contributed by atoms with Crippen molar-refractivity contribution in [2.24, 2.45) is 0 Å². The van der Waals surface area contributed by atoms with E-state index >= 15 is 0 Å². The van der Waals surface area contributed by atoms with Gasteiger partial charge in [0.2, 0.25) is 0 Å². The van der Waals surface area contributed by atoms with Gasteiger partial charge >= 0.3 is 0 Å². The Kier molecular flexibility index (Phi) is 27.9. The quantitative estimate of drug-likeness (QED) is 0.0629. The van der Waals surface area contributed by atoms with E-state index in [4.69, 9.17) is 14.2 Å². The van der Waals surface area contributed by atoms with Crippen molar-refractivity contribution in [3.05, 3.63) is 0 Å². The van der Waals surface area contributed by atoms with Crippen LogP contribution in [0.25, 0.3) is 0 Å². The van der Waals surface area contributed by atoms with Crippen LogP contribution in [0.4, 0.5) is 0 Å². The maximum atomic E-state index is 7.24. The standard InChI is InChI=1S/C46H90O3/c1-5-7-9-11-13-15-17-19-21-23-25-27-29-31-33-39-45(41-35-37-43(3)47-45)49-46(42-36-38-44(4)48-46)40-34-32-30-28-26-24-22-20-18-16-14-12-10-8-6-2/h43-44H,5-42H2,1-4H3. The molecule has 0 aromatic rings. The van der Waals surface area contributed by atoms with Crippen molar-refractivity contribution < 1.29 is 14.2 Å². The smallest absolute Gasteiger partial charge is 0.172 e. The average Bonchev–Trinajstić information content (AvgIpc) is 3.08. The molecule has 292 valence electrons. The van der Waals surface area contributed by atoms with E-state index in [0.29, 0.717) is 0 Å². The molecule has 2 aliphatic rings. The summed E-state index contributed by atoms with van der Waals surface area (Å²) in [5.74, 6) is -0.887. The lowest BCUT2D eigenvalue weighted by molar-refractivity contribution is -0.397. The van der Waals surface area contributed by atoms with Crippen molar-refractivity contribution in [1.82, 2.24) is 0 Å². The monoisotopic (exact) mass is 691 g/mol. The zero-order valence-corrected chi connectivity index (χ0v) is 34.2. The summed E-state index contributed by atoms with van der Waals surface area (Å²) >= 11 is 0. The molecular formula is C46H90O3. The van der Waals surface area contributed by atoms with Crippen LogP contribution in [0.2, 0.25) is 0 Å². The Labute approximate surface area is 308 Å². The van der Waals surface area contributed by atoms with Crippen LogP contribution in [-0.2, 0) is 14.2 Å². The van der Waals surface area contributed by atoms with Crippen LogP contribution in [0.15, 0.2) is 0 Å². The first-order valence-corrected chi connectivity index (χ1v) is 23.1. The van der Waals surface area contributed by atoms with Gasteiger partial charge in [0.05, 0.1) is 12.2 Å². The minimum atomic E-state index is -0.444. The third kappa shape index (κ3) is 23.2. The van der Waals surface area contributed by atoms with E-state index in [1.807, 2.05) is 0 Å². The summed E-state index contributed by atoms with van der Waals surface area (Å²) < 4.78 is 20.8. The van der Waals surface area contributed by atoms with Crippen molar-refractivity contribution in [2.45, 2.75) is 295 Å². The summed E-state index contributed by atoms with van der Waals surface area (Å²) in [6.07, 6.45) is 51.6. The van der Waals surface area contributed by atoms with Gasteiger partial charge in [0.15, 0.2) is 11.6 Å². The Hall–Kier alpha value is -0.120. The molecule has 2 heterocycles. The summed E-state index contributed by atoms with van der Waals surface area (Å²) in [6.45, 7) is 9.13. The summed E-state index contributed by atoms with van der Waals surface area (Å²) in [5.41, 5.74) is 0. The maximum absolute atomic E-state index is 7.24. The molecule has 0 radical (unpaired) electrons. The van der Waals surface area contributed by atoms with Gasteiger partial charge in [0.1, 0.15) is 0 Å². The maximum Gasteiger partial charge on any atom is 0.172 e. The van der Waals surface area contributed by atoms with Gasteiger partial charge in [0, 0.05) is 25.7 Å². The third-order valence-corrected chi connectivity index (χ3v) is 11.9. The molecule has 0 saturated carbocycles. The van der Waals surface area contributed by atoms with Crippen LogP contribution in [0.3, 0.4) is 0 Å². The van der Waals surface area contributed by atoms with E-state index in [9.17, 15) is 0 Å². The van der Waals surface area contributed by atoms with E-state index in [1.54, 1.807) is 0 Å². The fraction of sp³-hybridized carbons (Fsp3) is 1.00. The molecule has 0 aromatic carbocycles. The first kappa shape index (κ1) is 45.0. The lowest BCUT2D eigenvalue weighted by Crippen LogP contribution is -2.53. The number of unbranched alkanes of at least 4 members (excludes halogenated alkanes) is 28. The molecule has 0 amide bonds. The Morgan fingerprint density at radius 3 is 0.878 bits per heavy atom. The Bertz CT molecular complexity index is 652. The van der Waals surface area contributed by atoms with Crippen LogP contribution in [-0.4, -0.2) is 23.8 Å². The number of hydrogen-bond acceptors (Lipinski definition) is 3. The Morgan fingerprint density at radius 1 is 0.388 bits per heavy atom. The first-order valence-electron chi connectivity index (χ1n) is 23.1. The molecule has 0 aliphatic carbocycles. The van der Waals surface area contributed by atoms with Crippen molar-refractivity contribution in [3.63, 3.8) is 0 Å². The molecule has 0 aromatic heterocycles. The molecule has 2 aliphatic heterocycles. The highest BCUT2D eigenvalue weighted by molar-refractivity contribution is 4.85. The molecule has 2 fully saturated rings. The fourth-order valence-corrected chi connectivity index (χ4v) is 8.78. The summed E-state index contributed by atoms with van der Waals surface area (Å²) in [5, 5.41) is 0. The number of hydrogen-bond donors (Lipinski definition) is 0. The van der Waals surface area contributed by atoms with Gasteiger partial charge < -0.3 is 14.2 Å². The van der Waals surface area contributed by atoms with Crippen LogP contribution >= 0.6 is 0 Å². The molecule has 2 saturated heterocycles. The fourth-order valence-electron chi connectivity index (χ4n) is 8.78. The van der Waals surface area contributed by atoms with Gasteiger partial charge in [-0.25, -0.2) is 0 Å². The SMILES string of the molecule is CCCCCCCCCCCCCCCCCC1(OC2(CCCCCCCCCCCCCCCCC)CCCC(C)O2)CCCC(C)O1. The lowest BCUT2D eigenvalue weighted by Gasteiger charge is -2.49. The summed E-state index contributed by atoms with van der Waals surface area (Å²) in [4.78, 5) is 0. The zero-order chi connectivity index (χ0) is 35.1. The van der Waals surface area contributed by atoms with Crippen LogP contribution < -0.4 is 0 Å². The minimum Gasteiger partial charge on any atom is -0.347 e. The highest BCUT2D eigenvalue weighted by Crippen LogP contribution is 2.44. The molecular weight excluding hydrogens is 601 g/mol. The molecule has 3 nitrogen and oxygen atoms in total. The largest absolute Gasteiger partial charge is 0.347 e. The van der Waals surface area contributed by atoms with Crippen LogP contribution in [0.5, 0.6) is 0 Å². The van der Waals surface area contributed by atoms with Gasteiger partial charge in [-0.2, -0.15) is 0 Å². The van der Waals surface area contributed by atoms with Gasteiger partial charge in [0.25, 0.3) is 0 Å². The minimum absolute atomic E-state index is 0.286. The molecule has 0 N–H and O–H groups in total. The lowest BCUT2D eigenvalue weighted by atomic mass is 9.92. The topological polar surface area (TPSA) is 27.7 Å². The van der Waals surface area contributed by atoms with Crippen molar-refractivity contribution in [1.29, 1.82) is 0 Å². The highest BCUT2D eigenvalue weighted by atomic mass is 16.8. The van der Waals surface area contributed by atoms with Crippen LogP contribution in [0.1, 0.15) is 272 Å². The van der Waals surface area contributed by atoms with Crippen LogP contribution in [0, 0.1) is 0 Å². The number of rotatable bonds is 34. The van der Waals surface area contributed by atoms with Gasteiger partial charge in [-0.3, -0.25) is 0 Å². The number of ether oxygens (including phenoxy) is 3.